The largest absolute Gasteiger partial charge is 0.496 e. The van der Waals surface area contributed by atoms with Crippen LogP contribution in [0.3, 0.4) is 0 Å². The molecule has 0 atom stereocenters. The number of aryl methyl sites for hydroxylation is 2. The summed E-state index contributed by atoms with van der Waals surface area (Å²) in [4.78, 5) is 0.297. The van der Waals surface area contributed by atoms with Crippen LogP contribution in [0.1, 0.15) is 23.7 Å². The summed E-state index contributed by atoms with van der Waals surface area (Å²) < 4.78 is 45.5. The highest BCUT2D eigenvalue weighted by atomic mass is 32.2. The lowest BCUT2D eigenvalue weighted by molar-refractivity contribution is 0.404. The van der Waals surface area contributed by atoms with Crippen molar-refractivity contribution in [2.45, 2.75) is 31.1 Å². The summed E-state index contributed by atoms with van der Waals surface area (Å²) in [5, 5.41) is 8.39. The first-order valence-corrected chi connectivity index (χ1v) is 12.2. The molecule has 8 heteroatoms. The van der Waals surface area contributed by atoms with E-state index in [9.17, 15) is 12.8 Å². The lowest BCUT2D eigenvalue weighted by Gasteiger charge is -2.14. The highest BCUT2D eigenvalue weighted by molar-refractivity contribution is 7.90. The molecule has 4 aromatic rings. The van der Waals surface area contributed by atoms with Crippen molar-refractivity contribution in [1.29, 1.82) is 0 Å². The molecule has 0 aliphatic heterocycles. The van der Waals surface area contributed by atoms with E-state index in [2.05, 4.69) is 10.2 Å². The standard InChI is InChI=1S/C24H24FN3O3S/c1-4-16-14-18(32(3,29)30)10-13-19(16)20-11-8-17(28-15-26-27-24(20)28)9-12-21-22(25)6-5-7-23(21)31-2/h5-8,10-11,13-15H,4,9,12H2,1-3H3. The van der Waals surface area contributed by atoms with Crippen molar-refractivity contribution in [2.24, 2.45) is 0 Å². The molecular weight excluding hydrogens is 429 g/mol. The van der Waals surface area contributed by atoms with Crippen LogP contribution in [0.2, 0.25) is 0 Å². The third-order valence-electron chi connectivity index (χ3n) is 5.64. The van der Waals surface area contributed by atoms with Crippen molar-refractivity contribution in [3.63, 3.8) is 0 Å². The van der Waals surface area contributed by atoms with Crippen LogP contribution in [0.15, 0.2) is 59.8 Å². The Kier molecular flexibility index (Phi) is 5.97. The van der Waals surface area contributed by atoms with Gasteiger partial charge in [-0.05, 0) is 66.8 Å². The number of pyridine rings is 1. The number of sulfone groups is 1. The van der Waals surface area contributed by atoms with Crippen molar-refractivity contribution in [1.82, 2.24) is 14.6 Å². The zero-order valence-electron chi connectivity index (χ0n) is 18.2. The van der Waals surface area contributed by atoms with Crippen LogP contribution >= 0.6 is 0 Å². The third-order valence-corrected chi connectivity index (χ3v) is 6.75. The van der Waals surface area contributed by atoms with Gasteiger partial charge in [0.1, 0.15) is 17.9 Å². The van der Waals surface area contributed by atoms with E-state index in [4.69, 9.17) is 4.74 Å². The second-order valence-corrected chi connectivity index (χ2v) is 9.64. The molecule has 0 saturated carbocycles. The number of fused-ring (bicyclic) bond motifs is 1. The van der Waals surface area contributed by atoms with Crippen LogP contribution in [-0.2, 0) is 29.1 Å². The van der Waals surface area contributed by atoms with Crippen molar-refractivity contribution >= 4 is 15.5 Å². The second kappa shape index (κ2) is 8.70. The van der Waals surface area contributed by atoms with Gasteiger partial charge in [-0.2, -0.15) is 0 Å². The fourth-order valence-corrected chi connectivity index (χ4v) is 4.63. The van der Waals surface area contributed by atoms with E-state index in [0.29, 0.717) is 41.1 Å². The Hall–Kier alpha value is -3.26. The molecule has 0 N–H and O–H groups in total. The summed E-state index contributed by atoms with van der Waals surface area (Å²) in [7, 11) is -1.76. The van der Waals surface area contributed by atoms with Crippen molar-refractivity contribution in [2.75, 3.05) is 13.4 Å². The minimum Gasteiger partial charge on any atom is -0.496 e. The quantitative estimate of drug-likeness (QED) is 0.417. The topological polar surface area (TPSA) is 73.6 Å². The highest BCUT2D eigenvalue weighted by Crippen LogP contribution is 2.31. The maximum absolute atomic E-state index is 14.3. The van der Waals surface area contributed by atoms with Crippen molar-refractivity contribution < 1.29 is 17.5 Å². The van der Waals surface area contributed by atoms with Gasteiger partial charge in [0.05, 0.1) is 12.0 Å². The van der Waals surface area contributed by atoms with Crippen LogP contribution in [0.25, 0.3) is 16.8 Å². The Morgan fingerprint density at radius 1 is 1.06 bits per heavy atom. The first kappa shape index (κ1) is 22.0. The minimum absolute atomic E-state index is 0.292. The van der Waals surface area contributed by atoms with Gasteiger partial charge in [0, 0.05) is 23.1 Å². The molecule has 0 radical (unpaired) electrons. The predicted molar refractivity (Wildman–Crippen MR) is 121 cm³/mol. The molecule has 0 aliphatic carbocycles. The van der Waals surface area contributed by atoms with E-state index in [-0.39, 0.29) is 5.82 Å². The van der Waals surface area contributed by atoms with E-state index in [1.165, 1.54) is 19.4 Å². The number of nitrogens with zero attached hydrogens (tertiary/aromatic N) is 3. The van der Waals surface area contributed by atoms with Gasteiger partial charge in [0.15, 0.2) is 15.5 Å². The van der Waals surface area contributed by atoms with Crippen LogP contribution in [0, 0.1) is 5.82 Å². The van der Waals surface area contributed by atoms with Crippen molar-refractivity contribution in [3.05, 3.63) is 77.5 Å². The van der Waals surface area contributed by atoms with Gasteiger partial charge in [0.25, 0.3) is 0 Å². The molecule has 4 rings (SSSR count). The van der Waals surface area contributed by atoms with E-state index >= 15 is 0 Å². The number of halogens is 1. The number of methoxy groups -OCH3 is 1. The number of aromatic nitrogens is 3. The van der Waals surface area contributed by atoms with Gasteiger partial charge >= 0.3 is 0 Å². The maximum atomic E-state index is 14.3. The molecule has 0 unspecified atom stereocenters. The highest BCUT2D eigenvalue weighted by Gasteiger charge is 2.16. The zero-order valence-corrected chi connectivity index (χ0v) is 19.0. The van der Waals surface area contributed by atoms with E-state index in [1.54, 1.807) is 30.6 Å². The zero-order chi connectivity index (χ0) is 22.9. The SMILES string of the molecule is CCc1cc(S(C)(=O)=O)ccc1-c1ccc(CCc2c(F)cccc2OC)n2cnnc12. The Morgan fingerprint density at radius 2 is 1.84 bits per heavy atom. The van der Waals surface area contributed by atoms with E-state index < -0.39 is 9.84 Å². The van der Waals surface area contributed by atoms with Crippen molar-refractivity contribution in [3.8, 4) is 16.9 Å². The molecule has 0 amide bonds. The first-order valence-electron chi connectivity index (χ1n) is 10.3. The predicted octanol–water partition coefficient (Wildman–Crippen LogP) is 4.30. The Labute approximate surface area is 186 Å². The Bertz CT molecular complexity index is 1400. The number of rotatable bonds is 7. The summed E-state index contributed by atoms with van der Waals surface area (Å²) >= 11 is 0. The van der Waals surface area contributed by atoms with E-state index in [1.807, 2.05) is 29.5 Å². The molecule has 32 heavy (non-hydrogen) atoms. The summed E-state index contributed by atoms with van der Waals surface area (Å²) in [6.45, 7) is 1.99. The van der Waals surface area contributed by atoms with Crippen LogP contribution in [-0.4, -0.2) is 36.4 Å². The third kappa shape index (κ3) is 4.10. The number of hydrogen-bond acceptors (Lipinski definition) is 5. The summed E-state index contributed by atoms with van der Waals surface area (Å²) in [6, 6.07) is 13.9. The lowest BCUT2D eigenvalue weighted by atomic mass is 9.98. The molecule has 0 saturated heterocycles. The minimum atomic E-state index is -3.29. The van der Waals surface area contributed by atoms with Gasteiger partial charge in [0.2, 0.25) is 0 Å². The Morgan fingerprint density at radius 3 is 2.56 bits per heavy atom. The van der Waals surface area contributed by atoms with Crippen LogP contribution in [0.4, 0.5) is 4.39 Å². The molecule has 2 aromatic carbocycles. The fraction of sp³-hybridized carbons (Fsp3) is 0.250. The molecule has 0 bridgehead atoms. The van der Waals surface area contributed by atoms with Crippen LogP contribution < -0.4 is 4.74 Å². The van der Waals surface area contributed by atoms with Gasteiger partial charge < -0.3 is 4.74 Å². The van der Waals surface area contributed by atoms with Gasteiger partial charge in [-0.1, -0.05) is 19.1 Å². The molecular formula is C24H24FN3O3S. The van der Waals surface area contributed by atoms with Gasteiger partial charge in [-0.3, -0.25) is 4.40 Å². The van der Waals surface area contributed by atoms with Crippen LogP contribution in [0.5, 0.6) is 5.75 Å². The van der Waals surface area contributed by atoms with E-state index in [0.717, 1.165) is 22.4 Å². The molecule has 2 aromatic heterocycles. The number of hydrogen-bond donors (Lipinski definition) is 0. The average molecular weight is 454 g/mol. The normalized spacial score (nSPS) is 11.8. The first-order chi connectivity index (χ1) is 15.3. The summed E-state index contributed by atoms with van der Waals surface area (Å²) in [5.74, 6) is 0.236. The number of benzene rings is 2. The maximum Gasteiger partial charge on any atom is 0.175 e. The summed E-state index contributed by atoms with van der Waals surface area (Å²) in [6.07, 6.45) is 4.56. The van der Waals surface area contributed by atoms with Gasteiger partial charge in [-0.25, -0.2) is 12.8 Å². The monoisotopic (exact) mass is 453 g/mol. The Balaban J connectivity index is 1.73. The molecule has 6 nitrogen and oxygen atoms in total. The smallest absolute Gasteiger partial charge is 0.175 e. The molecule has 0 spiro atoms. The second-order valence-electron chi connectivity index (χ2n) is 7.63. The lowest BCUT2D eigenvalue weighted by Crippen LogP contribution is -2.04. The fourth-order valence-electron chi connectivity index (χ4n) is 3.96. The molecule has 0 fully saturated rings. The molecule has 0 aliphatic rings. The summed E-state index contributed by atoms with van der Waals surface area (Å²) in [5.41, 5.74) is 4.84. The number of ether oxygens (including phenoxy) is 1. The average Bonchev–Trinajstić information content (AvgIpc) is 3.27. The molecule has 2 heterocycles. The molecule has 166 valence electrons. The van der Waals surface area contributed by atoms with Gasteiger partial charge in [-0.15, -0.1) is 10.2 Å².